The molecule has 0 spiro atoms. The lowest BCUT2D eigenvalue weighted by molar-refractivity contribution is -0.00880. The van der Waals surface area contributed by atoms with Crippen LogP contribution in [0.3, 0.4) is 0 Å². The number of ether oxygens (including phenoxy) is 1. The monoisotopic (exact) mass is 246 g/mol. The first-order valence-corrected chi connectivity index (χ1v) is 7.07. The highest BCUT2D eigenvalue weighted by atomic mass is 16.5. The van der Waals surface area contributed by atoms with E-state index in [1.807, 2.05) is 0 Å². The average Bonchev–Trinajstić information content (AvgIpc) is 2.56. The second kappa shape index (κ2) is 5.05. The molecule has 0 N–H and O–H groups in total. The fourth-order valence-corrected chi connectivity index (χ4v) is 2.99. The predicted octanol–water partition coefficient (Wildman–Crippen LogP) is 4.73. The molecule has 0 heterocycles. The van der Waals surface area contributed by atoms with Gasteiger partial charge >= 0.3 is 0 Å². The molecule has 1 heteroatoms. The minimum absolute atomic E-state index is 0.343. The molecule has 0 unspecified atom stereocenters. The first kappa shape index (κ1) is 13.6. The van der Waals surface area contributed by atoms with Crippen molar-refractivity contribution < 1.29 is 4.74 Å². The van der Waals surface area contributed by atoms with Gasteiger partial charge in [0, 0.05) is 0 Å². The van der Waals surface area contributed by atoms with Crippen LogP contribution in [-0.4, -0.2) is 6.61 Å². The van der Waals surface area contributed by atoms with Gasteiger partial charge in [0.1, 0.15) is 0 Å². The Hall–Kier alpha value is -0.820. The molecule has 1 nitrogen and oxygen atoms in total. The lowest BCUT2D eigenvalue weighted by Gasteiger charge is -2.38. The Morgan fingerprint density at radius 2 is 1.83 bits per heavy atom. The molecule has 1 fully saturated rings. The maximum atomic E-state index is 6.02. The van der Waals surface area contributed by atoms with Crippen molar-refractivity contribution >= 4 is 0 Å². The van der Waals surface area contributed by atoms with Crippen LogP contribution in [0.15, 0.2) is 24.3 Å². The van der Waals surface area contributed by atoms with Crippen LogP contribution in [0, 0.1) is 17.8 Å². The summed E-state index contributed by atoms with van der Waals surface area (Å²) in [7, 11) is 0. The van der Waals surface area contributed by atoms with Gasteiger partial charge in [-0.1, -0.05) is 51.5 Å². The first-order chi connectivity index (χ1) is 8.45. The van der Waals surface area contributed by atoms with Gasteiger partial charge in [-0.25, -0.2) is 0 Å². The van der Waals surface area contributed by atoms with E-state index in [-0.39, 0.29) is 0 Å². The zero-order valence-corrected chi connectivity index (χ0v) is 12.3. The molecule has 0 bridgehead atoms. The van der Waals surface area contributed by atoms with E-state index in [0.29, 0.717) is 10.8 Å². The summed E-state index contributed by atoms with van der Waals surface area (Å²) in [5, 5.41) is 0. The van der Waals surface area contributed by atoms with Gasteiger partial charge in [0.2, 0.25) is 0 Å². The van der Waals surface area contributed by atoms with E-state index in [9.17, 15) is 0 Å². The molecule has 1 saturated carbocycles. The van der Waals surface area contributed by atoms with Crippen molar-refractivity contribution in [2.45, 2.75) is 53.6 Å². The second-order valence-corrected chi connectivity index (χ2v) is 6.72. The van der Waals surface area contributed by atoms with Gasteiger partial charge in [-0.15, -0.1) is 0 Å². The Morgan fingerprint density at radius 3 is 2.44 bits per heavy atom. The normalized spacial score (nSPS) is 26.4. The van der Waals surface area contributed by atoms with E-state index >= 15 is 0 Å². The smallest absolute Gasteiger partial charge is 0.0719 e. The van der Waals surface area contributed by atoms with Crippen LogP contribution >= 0.6 is 0 Å². The first-order valence-electron chi connectivity index (χ1n) is 7.07. The molecular weight excluding hydrogens is 220 g/mol. The van der Waals surface area contributed by atoms with Gasteiger partial charge in [0.15, 0.2) is 0 Å². The molecule has 1 aliphatic carbocycles. The van der Waals surface area contributed by atoms with Crippen molar-refractivity contribution in [3.63, 3.8) is 0 Å². The Kier molecular flexibility index (Phi) is 3.82. The van der Waals surface area contributed by atoms with Crippen LogP contribution in [0.25, 0.3) is 0 Å². The van der Waals surface area contributed by atoms with Crippen molar-refractivity contribution in [2.75, 3.05) is 6.61 Å². The third-order valence-corrected chi connectivity index (χ3v) is 5.10. The fraction of sp³-hybridized carbons (Fsp3) is 0.647. The van der Waals surface area contributed by atoms with E-state index in [0.717, 1.165) is 13.2 Å². The Balaban J connectivity index is 1.91. The van der Waals surface area contributed by atoms with Gasteiger partial charge in [-0.2, -0.15) is 0 Å². The van der Waals surface area contributed by atoms with Crippen molar-refractivity contribution in [2.24, 2.45) is 10.8 Å². The molecule has 1 aromatic carbocycles. The lowest BCUT2D eigenvalue weighted by Crippen LogP contribution is -2.34. The summed E-state index contributed by atoms with van der Waals surface area (Å²) >= 11 is 0. The molecule has 1 atom stereocenters. The third-order valence-electron chi connectivity index (χ3n) is 5.10. The van der Waals surface area contributed by atoms with E-state index in [2.05, 4.69) is 52.0 Å². The lowest BCUT2D eigenvalue weighted by atomic mass is 9.70. The van der Waals surface area contributed by atoms with E-state index in [4.69, 9.17) is 4.74 Å². The SMILES string of the molecule is Cc1ccccc1COC[C@]1(C)CCCC1(C)C. The van der Waals surface area contributed by atoms with Crippen LogP contribution < -0.4 is 0 Å². The van der Waals surface area contributed by atoms with Crippen LogP contribution in [0.4, 0.5) is 0 Å². The van der Waals surface area contributed by atoms with Gasteiger partial charge < -0.3 is 4.74 Å². The average molecular weight is 246 g/mol. The molecule has 1 aliphatic rings. The topological polar surface area (TPSA) is 9.23 Å². The summed E-state index contributed by atoms with van der Waals surface area (Å²) in [6.07, 6.45) is 3.97. The molecule has 0 aromatic heterocycles. The number of hydrogen-bond acceptors (Lipinski definition) is 1. The van der Waals surface area contributed by atoms with Crippen molar-refractivity contribution in [1.29, 1.82) is 0 Å². The van der Waals surface area contributed by atoms with Crippen molar-refractivity contribution in [1.82, 2.24) is 0 Å². The quantitative estimate of drug-likeness (QED) is 0.746. The molecule has 0 saturated heterocycles. The van der Waals surface area contributed by atoms with Gasteiger partial charge in [0.25, 0.3) is 0 Å². The highest BCUT2D eigenvalue weighted by Crippen LogP contribution is 2.52. The minimum atomic E-state index is 0.343. The van der Waals surface area contributed by atoms with Gasteiger partial charge in [-0.3, -0.25) is 0 Å². The molecule has 0 aliphatic heterocycles. The van der Waals surface area contributed by atoms with Crippen LogP contribution in [0.2, 0.25) is 0 Å². The van der Waals surface area contributed by atoms with E-state index < -0.39 is 0 Å². The zero-order chi connectivity index (χ0) is 13.2. The Morgan fingerprint density at radius 1 is 1.11 bits per heavy atom. The van der Waals surface area contributed by atoms with Crippen LogP contribution in [-0.2, 0) is 11.3 Å². The molecule has 0 amide bonds. The number of benzene rings is 1. The summed E-state index contributed by atoms with van der Waals surface area (Å²) in [6.45, 7) is 10.9. The summed E-state index contributed by atoms with van der Waals surface area (Å²) in [5.41, 5.74) is 3.40. The van der Waals surface area contributed by atoms with E-state index in [1.54, 1.807) is 0 Å². The van der Waals surface area contributed by atoms with Crippen LogP contribution in [0.5, 0.6) is 0 Å². The molecule has 100 valence electrons. The van der Waals surface area contributed by atoms with Crippen molar-refractivity contribution in [3.05, 3.63) is 35.4 Å². The highest BCUT2D eigenvalue weighted by Gasteiger charge is 2.44. The number of aryl methyl sites for hydroxylation is 1. The standard InChI is InChI=1S/C17H26O/c1-14-8-5-6-9-15(14)12-18-13-17(4)11-7-10-16(17,2)3/h5-6,8-9H,7,10-13H2,1-4H3/t17-/m0/s1. The van der Waals surface area contributed by atoms with E-state index in [1.165, 1.54) is 30.4 Å². The highest BCUT2D eigenvalue weighted by molar-refractivity contribution is 5.24. The molecule has 0 radical (unpaired) electrons. The molecule has 18 heavy (non-hydrogen) atoms. The molecular formula is C17H26O. The fourth-order valence-electron chi connectivity index (χ4n) is 2.99. The van der Waals surface area contributed by atoms with Gasteiger partial charge in [-0.05, 0) is 41.7 Å². The summed E-state index contributed by atoms with van der Waals surface area (Å²) in [5.74, 6) is 0. The zero-order valence-electron chi connectivity index (χ0n) is 12.3. The Bertz CT molecular complexity index is 408. The molecule has 2 rings (SSSR count). The minimum Gasteiger partial charge on any atom is -0.376 e. The summed E-state index contributed by atoms with van der Waals surface area (Å²) < 4.78 is 6.02. The number of hydrogen-bond donors (Lipinski definition) is 0. The Labute approximate surface area is 112 Å². The summed E-state index contributed by atoms with van der Waals surface area (Å²) in [4.78, 5) is 0. The molecule has 1 aromatic rings. The van der Waals surface area contributed by atoms with Gasteiger partial charge in [0.05, 0.1) is 13.2 Å². The maximum Gasteiger partial charge on any atom is 0.0719 e. The predicted molar refractivity (Wildman–Crippen MR) is 76.6 cm³/mol. The second-order valence-electron chi connectivity index (χ2n) is 6.72. The largest absolute Gasteiger partial charge is 0.376 e. The third kappa shape index (κ3) is 2.61. The van der Waals surface area contributed by atoms with Crippen LogP contribution in [0.1, 0.15) is 51.2 Å². The number of rotatable bonds is 4. The maximum absolute atomic E-state index is 6.02. The summed E-state index contributed by atoms with van der Waals surface area (Å²) in [6, 6.07) is 8.49. The van der Waals surface area contributed by atoms with Crippen molar-refractivity contribution in [3.8, 4) is 0 Å².